The molecule has 5 heteroatoms. The van der Waals surface area contributed by atoms with E-state index in [1.54, 1.807) is 17.4 Å². The third-order valence-corrected chi connectivity index (χ3v) is 4.01. The maximum absolute atomic E-state index is 10.2. The number of benzene rings is 1. The molecule has 2 rings (SSSR count). The Balaban J connectivity index is 1.95. The van der Waals surface area contributed by atoms with E-state index in [1.165, 1.54) is 0 Å². The van der Waals surface area contributed by atoms with Crippen molar-refractivity contribution in [2.45, 2.75) is 19.6 Å². The summed E-state index contributed by atoms with van der Waals surface area (Å²) in [6.07, 6.45) is -0.585. The largest absolute Gasteiger partial charge is 0.387 e. The fourth-order valence-corrected chi connectivity index (χ4v) is 2.83. The molecule has 0 aliphatic rings. The monoisotopic (exact) mass is 296 g/mol. The molecule has 0 fully saturated rings. The van der Waals surface area contributed by atoms with E-state index in [2.05, 4.69) is 4.98 Å². The van der Waals surface area contributed by atoms with Gasteiger partial charge in [-0.2, -0.15) is 0 Å². The average molecular weight is 297 g/mol. The molecule has 0 spiro atoms. The summed E-state index contributed by atoms with van der Waals surface area (Å²) in [6.45, 7) is 3.25. The van der Waals surface area contributed by atoms with Gasteiger partial charge >= 0.3 is 0 Å². The van der Waals surface area contributed by atoms with Crippen LogP contribution in [0.2, 0.25) is 5.02 Å². The summed E-state index contributed by atoms with van der Waals surface area (Å²) in [5.41, 5.74) is 1.81. The summed E-state index contributed by atoms with van der Waals surface area (Å²) >= 11 is 7.72. The van der Waals surface area contributed by atoms with Crippen LogP contribution in [0.25, 0.3) is 0 Å². The maximum atomic E-state index is 10.2. The van der Waals surface area contributed by atoms with Crippen molar-refractivity contribution in [3.63, 3.8) is 0 Å². The lowest BCUT2D eigenvalue weighted by atomic mass is 10.1. The van der Waals surface area contributed by atoms with Gasteiger partial charge in [-0.15, -0.1) is 11.3 Å². The molecule has 19 heavy (non-hydrogen) atoms. The van der Waals surface area contributed by atoms with E-state index in [4.69, 9.17) is 11.6 Å². The number of aliphatic hydroxyl groups is 1. The average Bonchev–Trinajstić information content (AvgIpc) is 2.74. The van der Waals surface area contributed by atoms with Crippen LogP contribution in [0, 0.1) is 6.92 Å². The fourth-order valence-electron chi connectivity index (χ4n) is 1.96. The number of aryl methyl sites for hydroxylation is 1. The number of halogens is 1. The molecular weight excluding hydrogens is 280 g/mol. The lowest BCUT2D eigenvalue weighted by molar-refractivity contribution is 0.123. The molecule has 1 unspecified atom stereocenters. The quantitative estimate of drug-likeness (QED) is 0.920. The van der Waals surface area contributed by atoms with Gasteiger partial charge in [0, 0.05) is 29.1 Å². The van der Waals surface area contributed by atoms with E-state index in [9.17, 15) is 5.11 Å². The standard InChI is InChI=1S/C14H17ClN2OS/c1-10-16-11(9-19-10)7-17(2)8-14(18)12-5-3-4-6-13(12)15/h3-6,9,14,18H,7-8H2,1-2H3. The molecule has 0 bridgehead atoms. The Kier molecular flexibility index (Phi) is 4.93. The molecule has 1 heterocycles. The number of rotatable bonds is 5. The zero-order chi connectivity index (χ0) is 13.8. The van der Waals surface area contributed by atoms with Gasteiger partial charge in [-0.25, -0.2) is 4.98 Å². The summed E-state index contributed by atoms with van der Waals surface area (Å²) in [4.78, 5) is 6.46. The van der Waals surface area contributed by atoms with E-state index in [0.29, 0.717) is 11.6 Å². The second kappa shape index (κ2) is 6.48. The Hall–Kier alpha value is -0.940. The summed E-state index contributed by atoms with van der Waals surface area (Å²) in [6, 6.07) is 7.40. The van der Waals surface area contributed by atoms with Gasteiger partial charge in [-0.1, -0.05) is 29.8 Å². The second-order valence-corrected chi connectivity index (χ2v) is 6.06. The third kappa shape index (κ3) is 4.01. The minimum atomic E-state index is -0.585. The summed E-state index contributed by atoms with van der Waals surface area (Å²) in [5.74, 6) is 0. The van der Waals surface area contributed by atoms with E-state index in [0.717, 1.165) is 22.8 Å². The summed E-state index contributed by atoms with van der Waals surface area (Å²) < 4.78 is 0. The molecular formula is C14H17ClN2OS. The first-order valence-corrected chi connectivity index (χ1v) is 7.34. The fraction of sp³-hybridized carbons (Fsp3) is 0.357. The number of aliphatic hydroxyl groups excluding tert-OH is 1. The molecule has 0 radical (unpaired) electrons. The normalized spacial score (nSPS) is 12.9. The molecule has 0 saturated carbocycles. The molecule has 0 amide bonds. The topological polar surface area (TPSA) is 36.4 Å². The highest BCUT2D eigenvalue weighted by Gasteiger charge is 2.14. The smallest absolute Gasteiger partial charge is 0.0931 e. The van der Waals surface area contributed by atoms with Crippen molar-refractivity contribution in [2.75, 3.05) is 13.6 Å². The van der Waals surface area contributed by atoms with E-state index >= 15 is 0 Å². The van der Waals surface area contributed by atoms with Gasteiger partial charge < -0.3 is 5.11 Å². The molecule has 1 atom stereocenters. The van der Waals surface area contributed by atoms with Crippen LogP contribution in [0.15, 0.2) is 29.6 Å². The Morgan fingerprint density at radius 1 is 1.42 bits per heavy atom. The molecule has 0 aliphatic heterocycles. The summed E-state index contributed by atoms with van der Waals surface area (Å²) in [5, 5.41) is 13.9. The lowest BCUT2D eigenvalue weighted by Gasteiger charge is -2.20. The Morgan fingerprint density at radius 3 is 2.79 bits per heavy atom. The highest BCUT2D eigenvalue weighted by Crippen LogP contribution is 2.23. The molecule has 2 aromatic rings. The van der Waals surface area contributed by atoms with Crippen LogP contribution in [0.1, 0.15) is 22.4 Å². The SMILES string of the molecule is Cc1nc(CN(C)CC(O)c2ccccc2Cl)cs1. The minimum Gasteiger partial charge on any atom is -0.387 e. The first-order chi connectivity index (χ1) is 9.06. The predicted molar refractivity (Wildman–Crippen MR) is 79.6 cm³/mol. The number of hydrogen-bond donors (Lipinski definition) is 1. The van der Waals surface area contributed by atoms with Crippen LogP contribution in [0.3, 0.4) is 0 Å². The number of likely N-dealkylation sites (N-methyl/N-ethyl adjacent to an activating group) is 1. The molecule has 3 nitrogen and oxygen atoms in total. The molecule has 102 valence electrons. The lowest BCUT2D eigenvalue weighted by Crippen LogP contribution is -2.24. The van der Waals surface area contributed by atoms with E-state index in [1.807, 2.05) is 42.5 Å². The van der Waals surface area contributed by atoms with Crippen molar-refractivity contribution in [1.82, 2.24) is 9.88 Å². The highest BCUT2D eigenvalue weighted by molar-refractivity contribution is 7.09. The van der Waals surface area contributed by atoms with Crippen molar-refractivity contribution >= 4 is 22.9 Å². The number of aromatic nitrogens is 1. The van der Waals surface area contributed by atoms with Crippen LogP contribution in [0.5, 0.6) is 0 Å². The molecule has 1 aromatic carbocycles. The second-order valence-electron chi connectivity index (χ2n) is 4.59. The molecule has 1 aromatic heterocycles. The first-order valence-electron chi connectivity index (χ1n) is 6.08. The van der Waals surface area contributed by atoms with Gasteiger partial charge in [-0.05, 0) is 20.0 Å². The number of thiazole rings is 1. The Morgan fingerprint density at radius 2 is 2.16 bits per heavy atom. The summed E-state index contributed by atoms with van der Waals surface area (Å²) in [7, 11) is 1.97. The number of nitrogens with zero attached hydrogens (tertiary/aromatic N) is 2. The van der Waals surface area contributed by atoms with Gasteiger partial charge in [0.15, 0.2) is 0 Å². The Bertz CT molecular complexity index is 544. The minimum absolute atomic E-state index is 0.528. The van der Waals surface area contributed by atoms with Crippen molar-refractivity contribution < 1.29 is 5.11 Å². The number of hydrogen-bond acceptors (Lipinski definition) is 4. The van der Waals surface area contributed by atoms with Crippen LogP contribution in [-0.4, -0.2) is 28.6 Å². The first kappa shape index (κ1) is 14.5. The van der Waals surface area contributed by atoms with Gasteiger partial charge in [-0.3, -0.25) is 4.90 Å². The van der Waals surface area contributed by atoms with Crippen LogP contribution in [0.4, 0.5) is 0 Å². The zero-order valence-corrected chi connectivity index (χ0v) is 12.6. The molecule has 0 saturated heterocycles. The predicted octanol–water partition coefficient (Wildman–Crippen LogP) is 3.27. The van der Waals surface area contributed by atoms with E-state index < -0.39 is 6.10 Å². The van der Waals surface area contributed by atoms with Gasteiger partial charge in [0.25, 0.3) is 0 Å². The zero-order valence-electron chi connectivity index (χ0n) is 11.0. The van der Waals surface area contributed by atoms with Crippen molar-refractivity contribution in [3.8, 4) is 0 Å². The van der Waals surface area contributed by atoms with Gasteiger partial charge in [0.05, 0.1) is 16.8 Å². The van der Waals surface area contributed by atoms with Crippen molar-refractivity contribution in [1.29, 1.82) is 0 Å². The third-order valence-electron chi connectivity index (χ3n) is 2.85. The van der Waals surface area contributed by atoms with Gasteiger partial charge in [0.1, 0.15) is 0 Å². The van der Waals surface area contributed by atoms with Crippen LogP contribution < -0.4 is 0 Å². The Labute approximate surface area is 122 Å². The molecule has 1 N–H and O–H groups in total. The van der Waals surface area contributed by atoms with Crippen LogP contribution >= 0.6 is 22.9 Å². The molecule has 0 aliphatic carbocycles. The van der Waals surface area contributed by atoms with Crippen molar-refractivity contribution in [3.05, 3.63) is 50.9 Å². The highest BCUT2D eigenvalue weighted by atomic mass is 35.5. The van der Waals surface area contributed by atoms with E-state index in [-0.39, 0.29) is 0 Å². The van der Waals surface area contributed by atoms with Crippen LogP contribution in [-0.2, 0) is 6.54 Å². The van der Waals surface area contributed by atoms with Crippen molar-refractivity contribution in [2.24, 2.45) is 0 Å². The van der Waals surface area contributed by atoms with Gasteiger partial charge in [0.2, 0.25) is 0 Å². The maximum Gasteiger partial charge on any atom is 0.0931 e.